The molecule has 0 aliphatic heterocycles. The molecule has 7 nitrogen and oxygen atoms in total. The maximum absolute atomic E-state index is 14.1. The van der Waals surface area contributed by atoms with Crippen LogP contribution in [-0.2, 0) is 26.2 Å². The number of carbonyl (C=O) groups is 2. The summed E-state index contributed by atoms with van der Waals surface area (Å²) in [6.07, 6.45) is 0.359. The molecule has 0 unspecified atom stereocenters. The van der Waals surface area contributed by atoms with Crippen LogP contribution in [0.15, 0.2) is 77.7 Å². The Labute approximate surface area is 236 Å². The maximum atomic E-state index is 14.1. The van der Waals surface area contributed by atoms with Gasteiger partial charge in [0.2, 0.25) is 11.8 Å². The summed E-state index contributed by atoms with van der Waals surface area (Å²) < 4.78 is 28.9. The minimum Gasteiger partial charge on any atom is -0.352 e. The summed E-state index contributed by atoms with van der Waals surface area (Å²) in [6, 6.07) is 19.7. The van der Waals surface area contributed by atoms with Crippen molar-refractivity contribution in [3.63, 3.8) is 0 Å². The number of aryl methyl sites for hydroxylation is 1. The van der Waals surface area contributed by atoms with E-state index in [1.165, 1.54) is 17.0 Å². The predicted molar refractivity (Wildman–Crippen MR) is 156 cm³/mol. The SMILES string of the molecule is CC[C@@H](C(=O)NC(C)C)N(Cc1cccc(C)c1)C(=O)CN(c1cccc(Cl)c1C)S(=O)(=O)c1ccccc1. The van der Waals surface area contributed by atoms with Crippen molar-refractivity contribution < 1.29 is 18.0 Å². The highest BCUT2D eigenvalue weighted by atomic mass is 35.5. The van der Waals surface area contributed by atoms with Gasteiger partial charge in [0.1, 0.15) is 12.6 Å². The number of amides is 2. The number of sulfonamides is 1. The third-order valence-corrected chi connectivity index (χ3v) is 8.55. The van der Waals surface area contributed by atoms with Crippen LogP contribution in [0.5, 0.6) is 0 Å². The highest BCUT2D eigenvalue weighted by Gasteiger charge is 2.34. The number of nitrogens with zero attached hydrogens (tertiary/aromatic N) is 2. The van der Waals surface area contributed by atoms with Gasteiger partial charge >= 0.3 is 0 Å². The number of carbonyl (C=O) groups excluding carboxylic acids is 2. The number of hydrogen-bond acceptors (Lipinski definition) is 4. The Morgan fingerprint density at radius 1 is 0.949 bits per heavy atom. The molecule has 208 valence electrons. The third-order valence-electron chi connectivity index (χ3n) is 6.37. The van der Waals surface area contributed by atoms with Crippen LogP contribution in [-0.4, -0.2) is 43.8 Å². The molecule has 1 atom stereocenters. The molecule has 0 aromatic heterocycles. The van der Waals surface area contributed by atoms with Gasteiger partial charge in [0, 0.05) is 17.6 Å². The van der Waals surface area contributed by atoms with Gasteiger partial charge in [-0.05, 0) is 69.5 Å². The molecule has 0 spiro atoms. The summed E-state index contributed by atoms with van der Waals surface area (Å²) in [5, 5.41) is 3.28. The van der Waals surface area contributed by atoms with Gasteiger partial charge in [-0.15, -0.1) is 0 Å². The zero-order chi connectivity index (χ0) is 28.7. The van der Waals surface area contributed by atoms with Gasteiger partial charge in [-0.3, -0.25) is 13.9 Å². The summed E-state index contributed by atoms with van der Waals surface area (Å²) in [5.41, 5.74) is 2.69. The summed E-state index contributed by atoms with van der Waals surface area (Å²) in [7, 11) is -4.15. The molecule has 3 rings (SSSR count). The highest BCUT2D eigenvalue weighted by Crippen LogP contribution is 2.31. The van der Waals surface area contributed by atoms with Crippen molar-refractivity contribution >= 4 is 39.1 Å². The number of anilines is 1. The van der Waals surface area contributed by atoms with Crippen molar-refractivity contribution in [2.24, 2.45) is 0 Å². The van der Waals surface area contributed by atoms with Crippen molar-refractivity contribution in [1.82, 2.24) is 10.2 Å². The van der Waals surface area contributed by atoms with Crippen LogP contribution in [0.2, 0.25) is 5.02 Å². The molecule has 39 heavy (non-hydrogen) atoms. The van der Waals surface area contributed by atoms with E-state index >= 15 is 0 Å². The van der Waals surface area contributed by atoms with Crippen LogP contribution in [0.4, 0.5) is 5.69 Å². The number of halogens is 1. The zero-order valence-electron chi connectivity index (χ0n) is 23.0. The van der Waals surface area contributed by atoms with Crippen LogP contribution >= 0.6 is 11.6 Å². The normalized spacial score (nSPS) is 12.2. The van der Waals surface area contributed by atoms with Crippen molar-refractivity contribution in [3.8, 4) is 0 Å². The van der Waals surface area contributed by atoms with Gasteiger partial charge in [0.05, 0.1) is 10.6 Å². The lowest BCUT2D eigenvalue weighted by Gasteiger charge is -2.34. The quantitative estimate of drug-likeness (QED) is 0.331. The zero-order valence-corrected chi connectivity index (χ0v) is 24.6. The van der Waals surface area contributed by atoms with Crippen molar-refractivity contribution in [3.05, 3.63) is 94.5 Å². The summed E-state index contributed by atoms with van der Waals surface area (Å²) in [4.78, 5) is 28.8. The van der Waals surface area contributed by atoms with Gasteiger partial charge < -0.3 is 10.2 Å². The first kappa shape index (κ1) is 30.2. The van der Waals surface area contributed by atoms with Gasteiger partial charge in [-0.1, -0.05) is 72.6 Å². The molecule has 3 aromatic carbocycles. The Hall–Kier alpha value is -3.36. The van der Waals surface area contributed by atoms with Crippen LogP contribution in [0.3, 0.4) is 0 Å². The monoisotopic (exact) mass is 569 g/mol. The summed E-state index contributed by atoms with van der Waals surface area (Å²) in [5.74, 6) is -0.786. The molecule has 0 fully saturated rings. The van der Waals surface area contributed by atoms with Crippen LogP contribution in [0.25, 0.3) is 0 Å². The number of rotatable bonds is 11. The van der Waals surface area contributed by atoms with E-state index in [0.29, 0.717) is 22.7 Å². The average Bonchev–Trinajstić information content (AvgIpc) is 2.89. The van der Waals surface area contributed by atoms with Crippen LogP contribution in [0.1, 0.15) is 43.9 Å². The second kappa shape index (κ2) is 13.1. The molecule has 0 heterocycles. The summed E-state index contributed by atoms with van der Waals surface area (Å²) in [6.45, 7) is 8.86. The first-order valence-electron chi connectivity index (χ1n) is 12.9. The van der Waals surface area contributed by atoms with E-state index in [-0.39, 0.29) is 23.4 Å². The molecule has 0 aliphatic rings. The fourth-order valence-corrected chi connectivity index (χ4v) is 6.07. The Morgan fingerprint density at radius 3 is 2.23 bits per heavy atom. The van der Waals surface area contributed by atoms with E-state index in [9.17, 15) is 18.0 Å². The van der Waals surface area contributed by atoms with Crippen molar-refractivity contribution in [2.75, 3.05) is 10.8 Å². The molecular formula is C30H36ClN3O4S. The van der Waals surface area contributed by atoms with Gasteiger partial charge in [-0.2, -0.15) is 0 Å². The fourth-order valence-electron chi connectivity index (χ4n) is 4.41. The molecule has 0 radical (unpaired) electrons. The smallest absolute Gasteiger partial charge is 0.264 e. The lowest BCUT2D eigenvalue weighted by atomic mass is 10.1. The first-order valence-corrected chi connectivity index (χ1v) is 14.8. The lowest BCUT2D eigenvalue weighted by Crippen LogP contribution is -2.53. The second-order valence-corrected chi connectivity index (χ2v) is 12.1. The molecule has 1 N–H and O–H groups in total. The first-order chi connectivity index (χ1) is 18.4. The number of hydrogen-bond donors (Lipinski definition) is 1. The van der Waals surface area contributed by atoms with E-state index in [0.717, 1.165) is 15.4 Å². The highest BCUT2D eigenvalue weighted by molar-refractivity contribution is 7.92. The topological polar surface area (TPSA) is 86.8 Å². The minimum absolute atomic E-state index is 0.0482. The number of benzene rings is 3. The van der Waals surface area contributed by atoms with E-state index in [4.69, 9.17) is 11.6 Å². The van der Waals surface area contributed by atoms with E-state index in [2.05, 4.69) is 5.32 Å². The Morgan fingerprint density at radius 2 is 1.62 bits per heavy atom. The lowest BCUT2D eigenvalue weighted by molar-refractivity contribution is -0.140. The summed E-state index contributed by atoms with van der Waals surface area (Å²) >= 11 is 6.37. The largest absolute Gasteiger partial charge is 0.352 e. The van der Waals surface area contributed by atoms with Gasteiger partial charge in [0.15, 0.2) is 0 Å². The van der Waals surface area contributed by atoms with E-state index in [1.54, 1.807) is 43.3 Å². The van der Waals surface area contributed by atoms with Gasteiger partial charge in [0.25, 0.3) is 10.0 Å². The van der Waals surface area contributed by atoms with Crippen LogP contribution in [0, 0.1) is 13.8 Å². The molecule has 3 aromatic rings. The van der Waals surface area contributed by atoms with Crippen LogP contribution < -0.4 is 9.62 Å². The predicted octanol–water partition coefficient (Wildman–Crippen LogP) is 5.48. The molecule has 0 saturated heterocycles. The number of nitrogens with one attached hydrogen (secondary N) is 1. The second-order valence-electron chi connectivity index (χ2n) is 9.81. The Kier molecular flexibility index (Phi) is 10.2. The average molecular weight is 570 g/mol. The van der Waals surface area contributed by atoms with E-state index < -0.39 is 28.5 Å². The van der Waals surface area contributed by atoms with Crippen molar-refractivity contribution in [1.29, 1.82) is 0 Å². The minimum atomic E-state index is -4.15. The van der Waals surface area contributed by atoms with E-state index in [1.807, 2.05) is 52.0 Å². The van der Waals surface area contributed by atoms with Crippen molar-refractivity contribution in [2.45, 2.75) is 64.6 Å². The Bertz CT molecular complexity index is 1410. The molecule has 0 bridgehead atoms. The Balaban J connectivity index is 2.10. The molecule has 2 amide bonds. The molecular weight excluding hydrogens is 534 g/mol. The maximum Gasteiger partial charge on any atom is 0.264 e. The molecule has 9 heteroatoms. The molecule has 0 saturated carbocycles. The van der Waals surface area contributed by atoms with Gasteiger partial charge in [-0.25, -0.2) is 8.42 Å². The standard InChI is InChI=1S/C30H36ClN3O4S/c1-6-27(30(36)32-21(2)3)33(19-24-13-10-12-22(4)18-24)29(35)20-34(28-17-11-16-26(31)23(28)5)39(37,38)25-14-8-7-9-15-25/h7-18,21,27H,6,19-20H2,1-5H3,(H,32,36)/t27-/m0/s1. The fraction of sp³-hybridized carbons (Fsp3) is 0.333. The third kappa shape index (κ3) is 7.40. The molecule has 0 aliphatic carbocycles.